The van der Waals surface area contributed by atoms with Crippen LogP contribution in [-0.2, 0) is 152 Å². The maximum atomic E-state index is 11.1. The van der Waals surface area contributed by atoms with Gasteiger partial charge in [0.1, 0.15) is 64.6 Å². The van der Waals surface area contributed by atoms with Crippen LogP contribution < -0.4 is 0 Å². The fraction of sp³-hybridized carbons (Fsp3) is 0.750. The summed E-state index contributed by atoms with van der Waals surface area (Å²) in [4.78, 5) is 160. The average Bonchev–Trinajstić information content (AvgIpc) is 0.926. The van der Waals surface area contributed by atoms with Gasteiger partial charge in [0.25, 0.3) is 0 Å². The first-order valence-electron chi connectivity index (χ1n) is 26.5. The number of cyclic esters (lactones) is 5. The molecule has 0 bridgehead atoms. The van der Waals surface area contributed by atoms with E-state index in [9.17, 15) is 71.9 Å². The van der Waals surface area contributed by atoms with Crippen LogP contribution >= 0.6 is 0 Å². The van der Waals surface area contributed by atoms with Crippen LogP contribution in [0.1, 0.15) is 127 Å². The van der Waals surface area contributed by atoms with E-state index in [0.717, 1.165) is 19.3 Å². The van der Waals surface area contributed by atoms with Crippen molar-refractivity contribution in [1.82, 2.24) is 0 Å². The molecule has 0 spiro atoms. The minimum atomic E-state index is -1.35. The fourth-order valence-electron chi connectivity index (χ4n) is 4.09. The van der Waals surface area contributed by atoms with E-state index in [4.69, 9.17) is 45.6 Å². The minimum Gasteiger partial charge on any atom is -0.466 e. The predicted molar refractivity (Wildman–Crippen MR) is 347 cm³/mol. The normalized spacial score (nSPS) is 13.7. The molecule has 0 aliphatic carbocycles. The Morgan fingerprint density at radius 3 is 0.880 bits per heavy atom. The molecule has 3 aliphatic heterocycles. The second-order valence-corrected chi connectivity index (χ2v) is 16.3. The van der Waals surface area contributed by atoms with Gasteiger partial charge in [-0.15, -0.1) is 0 Å². The molecule has 8 N–H and O–H groups in total. The number of esters is 15. The van der Waals surface area contributed by atoms with E-state index in [1.54, 1.807) is 7.11 Å². The van der Waals surface area contributed by atoms with Crippen LogP contribution in [0.2, 0.25) is 0 Å². The van der Waals surface area contributed by atoms with Crippen LogP contribution in [0.25, 0.3) is 0 Å². The lowest BCUT2D eigenvalue weighted by atomic mass is 10.2. The number of methoxy groups -OCH3 is 2. The van der Waals surface area contributed by atoms with Gasteiger partial charge in [-0.3, -0.25) is 4.79 Å². The van der Waals surface area contributed by atoms with Gasteiger partial charge in [-0.2, -0.15) is 0 Å². The van der Waals surface area contributed by atoms with Crippen LogP contribution in [0.15, 0.2) is 0 Å². The van der Waals surface area contributed by atoms with Crippen LogP contribution in [0.5, 0.6) is 0 Å². The molecule has 0 amide bonds. The van der Waals surface area contributed by atoms with Gasteiger partial charge in [-0.05, 0) is 53.9 Å². The van der Waals surface area contributed by atoms with E-state index in [1.165, 1.54) is 41.7 Å². The largest absolute Gasteiger partial charge is 0.466 e. The average molecular weight is 1480 g/mol. The highest BCUT2D eigenvalue weighted by atomic mass is 16.7. The topological polar surface area (TPSA) is 575 Å². The molecule has 40 heteroatoms. The van der Waals surface area contributed by atoms with Gasteiger partial charge in [0.05, 0.1) is 39.6 Å². The van der Waals surface area contributed by atoms with Crippen molar-refractivity contribution in [3.05, 3.63) is 0 Å². The monoisotopic (exact) mass is 1480 g/mol. The summed E-state index contributed by atoms with van der Waals surface area (Å²) in [6.07, 6.45) is -1.60. The fourth-order valence-corrected chi connectivity index (χ4v) is 4.09. The SMILES string of the molecule is C.C.C.C.C.C.C.C.C.CC(O)C(=O)OCC(=O)OCCOC(=O)COC(=O)C(C)O.CC1OC(=O)C(C)OC1=O.COCCO.COCCOC(=O)COC(=O)C(C)O.O=C(CO)OCC(=O)OCCOC(=O)COC(=O)CO.O=C1CCCCCO1.O=C1COC(=O)CO1.OCCO. The second kappa shape index (κ2) is 84.9. The van der Waals surface area contributed by atoms with E-state index in [0.29, 0.717) is 19.6 Å². The predicted octanol–water partition coefficient (Wildman–Crippen LogP) is -1.46. The molecule has 100 heavy (non-hydrogen) atoms. The van der Waals surface area contributed by atoms with Crippen LogP contribution in [0.3, 0.4) is 0 Å². The van der Waals surface area contributed by atoms with Gasteiger partial charge in [-0.25, -0.2) is 67.1 Å². The third-order valence-corrected chi connectivity index (χ3v) is 8.39. The molecular weight excluding hydrogens is 1360 g/mol. The lowest BCUT2D eigenvalue weighted by Gasteiger charge is -2.22. The van der Waals surface area contributed by atoms with E-state index in [2.05, 4.69) is 75.8 Å². The van der Waals surface area contributed by atoms with Gasteiger partial charge in [-0.1, -0.05) is 66.8 Å². The molecule has 598 valence electrons. The molecule has 5 atom stereocenters. The third-order valence-electron chi connectivity index (χ3n) is 8.39. The van der Waals surface area contributed by atoms with Gasteiger partial charge in [0, 0.05) is 20.6 Å². The Kier molecular flexibility index (Phi) is 106. The van der Waals surface area contributed by atoms with Gasteiger partial charge in [0.15, 0.2) is 58.5 Å². The summed E-state index contributed by atoms with van der Waals surface area (Å²) in [6.45, 7) is 1.42. The lowest BCUT2D eigenvalue weighted by Crippen LogP contribution is -2.40. The summed E-state index contributed by atoms with van der Waals surface area (Å²) in [7, 11) is 3.03. The van der Waals surface area contributed by atoms with Crippen molar-refractivity contribution >= 4 is 89.5 Å². The summed E-state index contributed by atoms with van der Waals surface area (Å²) < 4.78 is 76.0. The molecule has 0 radical (unpaired) electrons. The molecule has 40 nitrogen and oxygen atoms in total. The highest BCUT2D eigenvalue weighted by Crippen LogP contribution is 2.09. The maximum absolute atomic E-state index is 11.1. The quantitative estimate of drug-likeness (QED) is 0.0265. The third kappa shape index (κ3) is 87.7. The number of ether oxygens (including phenoxy) is 17. The van der Waals surface area contributed by atoms with E-state index in [1.807, 2.05) is 0 Å². The number of carbonyl (C=O) groups excluding carboxylic acids is 15. The van der Waals surface area contributed by atoms with E-state index < -0.39 is 160 Å². The summed E-state index contributed by atoms with van der Waals surface area (Å²) in [5.74, 6) is -10.9. The standard InChI is InChI=1S/C12H18O10.C10H14O10.C8H14O6.C6H8O4.C6H10O2.C4H4O4.C3H8O2.C2H6O2.9CH4/c1-7(13)11(17)21-5-9(15)19-3-4-20-10(16)6-22-12(18)8(2)14;11-3-7(13)19-5-9(15)17-1-2-18-10(16)6-20-8(14)4-12;1-6(9)8(11)14-5-7(10)13-4-3-12-2;1-3-5(7)10-4(2)6(8)9-3;7-6-4-2-1-3-5-8-6;5-3-1-7-4(6)2-8-3;1-5-3-2-4;3-1-2-4;;;;;;;;;/h7-8,13-14H,3-6H2,1-2H3;11-12H,1-6H2;6,9H,3-5H2,1-2H3;3-4H,1-2H3;1-5H2;1-2H2;4H,2-3H2,1H3;3-4H,1-2H2;9*1H4. The summed E-state index contributed by atoms with van der Waals surface area (Å²) in [5.41, 5.74) is 0. The maximum Gasteiger partial charge on any atom is 0.347 e. The number of aliphatic hydroxyl groups excluding tert-OH is 8. The molecule has 5 unspecified atom stereocenters. The lowest BCUT2D eigenvalue weighted by molar-refractivity contribution is -0.191. The molecule has 0 aromatic rings. The Morgan fingerprint density at radius 2 is 0.650 bits per heavy atom. The Balaban J connectivity index is -0.0000000728. The van der Waals surface area contributed by atoms with Crippen LogP contribution in [0.4, 0.5) is 0 Å². The molecule has 0 aromatic carbocycles. The number of hydrogen-bond donors (Lipinski definition) is 8. The number of rotatable bonds is 27. The molecular formula is C60H118O40. The smallest absolute Gasteiger partial charge is 0.347 e. The van der Waals surface area contributed by atoms with Crippen molar-refractivity contribution in [3.8, 4) is 0 Å². The Hall–Kier alpha value is -8.35. The second-order valence-electron chi connectivity index (χ2n) is 16.3. The highest BCUT2D eigenvalue weighted by Gasteiger charge is 2.32. The van der Waals surface area contributed by atoms with E-state index >= 15 is 0 Å². The zero-order valence-electron chi connectivity index (χ0n) is 51.0. The highest BCUT2D eigenvalue weighted by molar-refractivity contribution is 5.87. The number of hydrogen-bond acceptors (Lipinski definition) is 40. The van der Waals surface area contributed by atoms with Crippen molar-refractivity contribution < 1.29 is 193 Å². The van der Waals surface area contributed by atoms with Gasteiger partial charge in [0.2, 0.25) is 0 Å². The Morgan fingerprint density at radius 1 is 0.370 bits per heavy atom. The van der Waals surface area contributed by atoms with Gasteiger partial charge < -0.3 is 121 Å². The molecule has 3 heterocycles. The van der Waals surface area contributed by atoms with Crippen LogP contribution in [-0.4, -0.2) is 307 Å². The van der Waals surface area contributed by atoms with Crippen LogP contribution in [0, 0.1) is 0 Å². The summed E-state index contributed by atoms with van der Waals surface area (Å²) in [5, 5.41) is 66.1. The molecule has 3 aliphatic rings. The first kappa shape index (κ1) is 125. The molecule has 3 rings (SSSR count). The molecule has 0 aromatic heterocycles. The van der Waals surface area contributed by atoms with Crippen molar-refractivity contribution in [2.45, 2.75) is 158 Å². The van der Waals surface area contributed by atoms with Crippen molar-refractivity contribution in [2.24, 2.45) is 0 Å². The molecule has 0 saturated carbocycles. The summed E-state index contributed by atoms with van der Waals surface area (Å²) >= 11 is 0. The van der Waals surface area contributed by atoms with Crippen molar-refractivity contribution in [3.63, 3.8) is 0 Å². The number of carbonyl (C=O) groups is 15. The van der Waals surface area contributed by atoms with Gasteiger partial charge >= 0.3 is 89.5 Å². The van der Waals surface area contributed by atoms with E-state index in [-0.39, 0.29) is 145 Å². The number of aliphatic hydroxyl groups is 8. The molecule has 3 fully saturated rings. The van der Waals surface area contributed by atoms with Crippen molar-refractivity contribution in [1.29, 1.82) is 0 Å². The first-order valence-corrected chi connectivity index (χ1v) is 26.5. The Labute approximate surface area is 585 Å². The first-order chi connectivity index (χ1) is 42.9. The Bertz CT molecular complexity index is 2000. The summed E-state index contributed by atoms with van der Waals surface area (Å²) in [6, 6.07) is 0. The zero-order chi connectivity index (χ0) is 70.5. The van der Waals surface area contributed by atoms with Crippen molar-refractivity contribution in [2.75, 3.05) is 146 Å². The minimum absolute atomic E-state index is 0. The zero-order valence-corrected chi connectivity index (χ0v) is 51.0. The molecule has 3 saturated heterocycles.